The largest absolute Gasteiger partial charge is 0.502 e. The quantitative estimate of drug-likeness (QED) is 0.730. The second kappa shape index (κ2) is 8.70. The van der Waals surface area contributed by atoms with Gasteiger partial charge in [-0.2, -0.15) is 0 Å². The van der Waals surface area contributed by atoms with Crippen LogP contribution in [0.5, 0.6) is 23.0 Å². The fraction of sp³-hybridized carbons (Fsp3) is 0.263. The summed E-state index contributed by atoms with van der Waals surface area (Å²) in [6.45, 7) is 1.44. The lowest BCUT2D eigenvalue weighted by atomic mass is 10.1. The Labute approximate surface area is 142 Å². The molecule has 0 saturated carbocycles. The molecular weight excluding hydrogens is 306 g/mol. The molecule has 126 valence electrons. The molecule has 2 aromatic carbocycles. The van der Waals surface area contributed by atoms with Crippen molar-refractivity contribution in [3.05, 3.63) is 47.5 Å². The van der Waals surface area contributed by atoms with E-state index in [2.05, 4.69) is 11.2 Å². The van der Waals surface area contributed by atoms with Crippen LogP contribution in [0, 0.1) is 12.3 Å². The average molecular weight is 327 g/mol. The number of hydrogen-bond acceptors (Lipinski definition) is 5. The molecule has 0 aliphatic carbocycles. The molecule has 5 nitrogen and oxygen atoms in total. The van der Waals surface area contributed by atoms with Crippen LogP contribution in [0.1, 0.15) is 11.1 Å². The van der Waals surface area contributed by atoms with Gasteiger partial charge in [-0.3, -0.25) is 0 Å². The molecule has 24 heavy (non-hydrogen) atoms. The fourth-order valence-electron chi connectivity index (χ4n) is 2.30. The van der Waals surface area contributed by atoms with E-state index < -0.39 is 0 Å². The van der Waals surface area contributed by atoms with Gasteiger partial charge in [0.2, 0.25) is 5.75 Å². The van der Waals surface area contributed by atoms with Crippen molar-refractivity contribution in [1.82, 2.24) is 5.32 Å². The number of ether oxygens (including phenoxy) is 3. The summed E-state index contributed by atoms with van der Waals surface area (Å²) >= 11 is 0. The lowest BCUT2D eigenvalue weighted by Gasteiger charge is -2.13. The van der Waals surface area contributed by atoms with Crippen molar-refractivity contribution in [3.8, 4) is 35.3 Å². The first-order valence-electron chi connectivity index (χ1n) is 7.48. The van der Waals surface area contributed by atoms with Gasteiger partial charge < -0.3 is 24.6 Å². The van der Waals surface area contributed by atoms with Crippen LogP contribution in [0.15, 0.2) is 36.4 Å². The molecule has 0 amide bonds. The van der Waals surface area contributed by atoms with Crippen LogP contribution in [-0.4, -0.2) is 25.9 Å². The number of phenolic OH excluding ortho intramolecular Hbond substituents is 1. The van der Waals surface area contributed by atoms with Gasteiger partial charge in [0.15, 0.2) is 11.5 Å². The minimum Gasteiger partial charge on any atom is -0.502 e. The average Bonchev–Trinajstić information content (AvgIpc) is 2.62. The summed E-state index contributed by atoms with van der Waals surface area (Å²) in [6.07, 6.45) is 5.23. The van der Waals surface area contributed by atoms with Gasteiger partial charge in [0.25, 0.3) is 0 Å². The Morgan fingerprint density at radius 1 is 1.04 bits per heavy atom. The molecule has 2 rings (SSSR count). The van der Waals surface area contributed by atoms with Gasteiger partial charge in [-0.25, -0.2) is 0 Å². The summed E-state index contributed by atoms with van der Waals surface area (Å²) in [5, 5.41) is 13.3. The minimum atomic E-state index is -0.00298. The number of terminal acetylenes is 1. The Bertz CT molecular complexity index is 697. The summed E-state index contributed by atoms with van der Waals surface area (Å²) in [7, 11) is 3.01. The van der Waals surface area contributed by atoms with Crippen molar-refractivity contribution in [3.63, 3.8) is 0 Å². The second-order valence-corrected chi connectivity index (χ2v) is 5.05. The summed E-state index contributed by atoms with van der Waals surface area (Å²) in [5.41, 5.74) is 1.95. The van der Waals surface area contributed by atoms with E-state index in [0.717, 1.165) is 16.9 Å². The first kappa shape index (κ1) is 17.5. The maximum atomic E-state index is 9.93. The maximum absolute atomic E-state index is 9.93. The third kappa shape index (κ3) is 4.34. The first-order valence-corrected chi connectivity index (χ1v) is 7.48. The zero-order valence-electron chi connectivity index (χ0n) is 13.8. The molecule has 2 aromatic rings. The van der Waals surface area contributed by atoms with Gasteiger partial charge in [0, 0.05) is 18.7 Å². The molecular formula is C19H21NO4. The number of aromatic hydroxyl groups is 1. The molecule has 0 spiro atoms. The molecule has 0 aromatic heterocycles. The van der Waals surface area contributed by atoms with Gasteiger partial charge in [-0.15, -0.1) is 6.42 Å². The highest BCUT2D eigenvalue weighted by Gasteiger charge is 2.11. The van der Waals surface area contributed by atoms with E-state index in [1.165, 1.54) is 14.2 Å². The van der Waals surface area contributed by atoms with Crippen molar-refractivity contribution in [1.29, 1.82) is 0 Å². The van der Waals surface area contributed by atoms with E-state index in [-0.39, 0.29) is 12.4 Å². The summed E-state index contributed by atoms with van der Waals surface area (Å²) < 4.78 is 15.8. The highest BCUT2D eigenvalue weighted by atomic mass is 16.5. The highest BCUT2D eigenvalue weighted by Crippen LogP contribution is 2.37. The SMILES string of the molecule is C#CCOc1ccccc1CNCc1cc(OC)c(O)c(OC)c1. The summed E-state index contributed by atoms with van der Waals surface area (Å²) in [5.74, 6) is 3.98. The molecule has 0 bridgehead atoms. The number of methoxy groups -OCH3 is 2. The molecule has 5 heteroatoms. The van der Waals surface area contributed by atoms with Crippen molar-refractivity contribution >= 4 is 0 Å². The van der Waals surface area contributed by atoms with Crippen LogP contribution in [-0.2, 0) is 13.1 Å². The van der Waals surface area contributed by atoms with E-state index in [9.17, 15) is 5.11 Å². The zero-order valence-corrected chi connectivity index (χ0v) is 13.8. The van der Waals surface area contributed by atoms with Gasteiger partial charge in [-0.1, -0.05) is 24.1 Å². The van der Waals surface area contributed by atoms with Gasteiger partial charge >= 0.3 is 0 Å². The van der Waals surface area contributed by atoms with E-state index in [4.69, 9.17) is 20.6 Å². The first-order chi connectivity index (χ1) is 11.7. The smallest absolute Gasteiger partial charge is 0.200 e. The standard InChI is InChI=1S/C19H21NO4/c1-4-9-24-16-8-6-5-7-15(16)13-20-12-14-10-17(22-2)19(21)18(11-14)23-3/h1,5-8,10-11,20-21H,9,12-13H2,2-3H3. The van der Waals surface area contributed by atoms with E-state index >= 15 is 0 Å². The number of phenols is 1. The lowest BCUT2D eigenvalue weighted by Crippen LogP contribution is -2.14. The van der Waals surface area contributed by atoms with E-state index in [1.54, 1.807) is 12.1 Å². The van der Waals surface area contributed by atoms with E-state index in [1.807, 2.05) is 24.3 Å². The number of para-hydroxylation sites is 1. The van der Waals surface area contributed by atoms with Crippen molar-refractivity contribution in [2.75, 3.05) is 20.8 Å². The molecule has 0 unspecified atom stereocenters. The monoisotopic (exact) mass is 327 g/mol. The predicted octanol–water partition coefficient (Wildman–Crippen LogP) is 2.71. The Hall–Kier alpha value is -2.84. The summed E-state index contributed by atoms with van der Waals surface area (Å²) in [6, 6.07) is 11.3. The third-order valence-corrected chi connectivity index (χ3v) is 3.47. The highest BCUT2D eigenvalue weighted by molar-refractivity contribution is 5.52. The Balaban J connectivity index is 2.04. The van der Waals surface area contributed by atoms with Crippen molar-refractivity contribution in [2.45, 2.75) is 13.1 Å². The molecule has 0 atom stereocenters. The third-order valence-electron chi connectivity index (χ3n) is 3.47. The number of hydrogen-bond donors (Lipinski definition) is 2. The van der Waals surface area contributed by atoms with Gasteiger partial charge in [-0.05, 0) is 23.8 Å². The maximum Gasteiger partial charge on any atom is 0.200 e. The summed E-state index contributed by atoms with van der Waals surface area (Å²) in [4.78, 5) is 0. The molecule has 0 heterocycles. The molecule has 0 fully saturated rings. The fourth-order valence-corrected chi connectivity index (χ4v) is 2.30. The number of rotatable bonds is 8. The van der Waals surface area contributed by atoms with Crippen LogP contribution in [0.4, 0.5) is 0 Å². The number of nitrogens with one attached hydrogen (secondary N) is 1. The zero-order chi connectivity index (χ0) is 17.4. The number of benzene rings is 2. The second-order valence-electron chi connectivity index (χ2n) is 5.05. The Morgan fingerprint density at radius 2 is 1.71 bits per heavy atom. The Morgan fingerprint density at radius 3 is 2.33 bits per heavy atom. The predicted molar refractivity (Wildman–Crippen MR) is 92.5 cm³/mol. The van der Waals surface area contributed by atoms with Crippen LogP contribution < -0.4 is 19.5 Å². The molecule has 0 aliphatic rings. The van der Waals surface area contributed by atoms with Crippen LogP contribution in [0.2, 0.25) is 0 Å². The Kier molecular flexibility index (Phi) is 6.35. The van der Waals surface area contributed by atoms with Crippen LogP contribution in [0.3, 0.4) is 0 Å². The van der Waals surface area contributed by atoms with Crippen LogP contribution in [0.25, 0.3) is 0 Å². The minimum absolute atomic E-state index is 0.00298. The lowest BCUT2D eigenvalue weighted by molar-refractivity contribution is 0.339. The normalized spacial score (nSPS) is 10.0. The topological polar surface area (TPSA) is 60.0 Å². The molecule has 0 aliphatic heterocycles. The van der Waals surface area contributed by atoms with Gasteiger partial charge in [0.1, 0.15) is 12.4 Å². The molecule has 2 N–H and O–H groups in total. The molecule has 0 saturated heterocycles. The van der Waals surface area contributed by atoms with Crippen molar-refractivity contribution in [2.24, 2.45) is 0 Å². The van der Waals surface area contributed by atoms with Crippen molar-refractivity contribution < 1.29 is 19.3 Å². The van der Waals surface area contributed by atoms with Gasteiger partial charge in [0.05, 0.1) is 14.2 Å². The molecule has 0 radical (unpaired) electrons. The van der Waals surface area contributed by atoms with Crippen LogP contribution >= 0.6 is 0 Å². The van der Waals surface area contributed by atoms with E-state index in [0.29, 0.717) is 24.6 Å².